The predicted octanol–water partition coefficient (Wildman–Crippen LogP) is 1.87. The van der Waals surface area contributed by atoms with Crippen LogP contribution in [-0.4, -0.2) is 37.4 Å². The van der Waals surface area contributed by atoms with Crippen molar-refractivity contribution in [3.8, 4) is 0 Å². The molecule has 0 fully saturated rings. The van der Waals surface area contributed by atoms with Gasteiger partial charge < -0.3 is 5.11 Å². The Bertz CT molecular complexity index is 577. The maximum absolute atomic E-state index is 12.3. The van der Waals surface area contributed by atoms with E-state index in [9.17, 15) is 13.2 Å². The molecule has 0 heterocycles. The van der Waals surface area contributed by atoms with Crippen molar-refractivity contribution in [2.75, 3.05) is 18.3 Å². The van der Waals surface area contributed by atoms with E-state index in [0.717, 1.165) is 15.4 Å². The van der Waals surface area contributed by atoms with Crippen LogP contribution in [0.25, 0.3) is 0 Å². The van der Waals surface area contributed by atoms with Gasteiger partial charge in [-0.2, -0.15) is 12.7 Å². The first-order valence-electron chi connectivity index (χ1n) is 6.88. The highest BCUT2D eigenvalue weighted by atomic mass is 32.2. The SMILES string of the molecule is CCc1cccc(CC)c1NS(=O)(=O)N(C)CCC(=O)O. The third-order valence-electron chi connectivity index (χ3n) is 3.28. The van der Waals surface area contributed by atoms with Gasteiger partial charge in [0, 0.05) is 13.6 Å². The molecule has 0 unspecified atom stereocenters. The van der Waals surface area contributed by atoms with E-state index in [4.69, 9.17) is 5.11 Å². The zero-order valence-electron chi connectivity index (χ0n) is 12.6. The molecule has 0 bridgehead atoms. The van der Waals surface area contributed by atoms with Crippen LogP contribution in [0.3, 0.4) is 0 Å². The molecule has 21 heavy (non-hydrogen) atoms. The average Bonchev–Trinajstić information content (AvgIpc) is 2.44. The number of hydrogen-bond donors (Lipinski definition) is 2. The number of para-hydroxylation sites is 1. The third kappa shape index (κ3) is 4.71. The fraction of sp³-hybridized carbons (Fsp3) is 0.500. The highest BCUT2D eigenvalue weighted by Crippen LogP contribution is 2.24. The van der Waals surface area contributed by atoms with Crippen LogP contribution in [0.1, 0.15) is 31.4 Å². The van der Waals surface area contributed by atoms with Crippen LogP contribution < -0.4 is 4.72 Å². The number of anilines is 1. The van der Waals surface area contributed by atoms with Crippen LogP contribution in [0.4, 0.5) is 5.69 Å². The van der Waals surface area contributed by atoms with E-state index < -0.39 is 16.2 Å². The maximum atomic E-state index is 12.3. The second-order valence-corrected chi connectivity index (χ2v) is 6.51. The summed E-state index contributed by atoms with van der Waals surface area (Å²) in [5, 5.41) is 8.64. The fourth-order valence-corrected chi connectivity index (χ4v) is 2.96. The number of benzene rings is 1. The Labute approximate surface area is 126 Å². The molecule has 0 spiro atoms. The minimum atomic E-state index is -3.75. The molecule has 1 aromatic rings. The summed E-state index contributed by atoms with van der Waals surface area (Å²) in [5.74, 6) is -1.03. The monoisotopic (exact) mass is 314 g/mol. The van der Waals surface area contributed by atoms with E-state index in [0.29, 0.717) is 18.5 Å². The summed E-state index contributed by atoms with van der Waals surface area (Å²) < 4.78 is 28.1. The molecule has 118 valence electrons. The molecule has 7 heteroatoms. The molecule has 1 rings (SSSR count). The number of carboxylic acids is 1. The lowest BCUT2D eigenvalue weighted by molar-refractivity contribution is -0.137. The second-order valence-electron chi connectivity index (χ2n) is 4.73. The molecule has 0 aromatic heterocycles. The van der Waals surface area contributed by atoms with Gasteiger partial charge >= 0.3 is 16.2 Å². The summed E-state index contributed by atoms with van der Waals surface area (Å²) in [4.78, 5) is 10.5. The van der Waals surface area contributed by atoms with E-state index in [2.05, 4.69) is 4.72 Å². The van der Waals surface area contributed by atoms with Crippen molar-refractivity contribution in [3.63, 3.8) is 0 Å². The van der Waals surface area contributed by atoms with Crippen molar-refractivity contribution in [1.82, 2.24) is 4.31 Å². The van der Waals surface area contributed by atoms with Gasteiger partial charge in [-0.25, -0.2) is 0 Å². The maximum Gasteiger partial charge on any atom is 0.304 e. The van der Waals surface area contributed by atoms with Gasteiger partial charge in [0.15, 0.2) is 0 Å². The molecular formula is C14H22N2O4S. The summed E-state index contributed by atoms with van der Waals surface area (Å²) in [6.45, 7) is 3.85. The molecular weight excluding hydrogens is 292 g/mol. The summed E-state index contributed by atoms with van der Waals surface area (Å²) in [7, 11) is -2.39. The average molecular weight is 314 g/mol. The van der Waals surface area contributed by atoms with E-state index in [1.54, 1.807) is 0 Å². The van der Waals surface area contributed by atoms with Crippen molar-refractivity contribution in [2.45, 2.75) is 33.1 Å². The Kier molecular flexibility index (Phi) is 6.17. The summed E-state index contributed by atoms with van der Waals surface area (Å²) in [6, 6.07) is 5.67. The van der Waals surface area contributed by atoms with Crippen molar-refractivity contribution >= 4 is 21.9 Å². The van der Waals surface area contributed by atoms with Crippen LogP contribution >= 0.6 is 0 Å². The number of rotatable bonds is 8. The number of carbonyl (C=O) groups is 1. The number of carboxylic acid groups (broad SMARTS) is 1. The van der Waals surface area contributed by atoms with Crippen molar-refractivity contribution in [2.24, 2.45) is 0 Å². The molecule has 0 aliphatic heterocycles. The molecule has 0 saturated heterocycles. The zero-order valence-corrected chi connectivity index (χ0v) is 13.4. The van der Waals surface area contributed by atoms with Gasteiger partial charge in [0.25, 0.3) is 0 Å². The van der Waals surface area contributed by atoms with Gasteiger partial charge in [0.05, 0.1) is 12.1 Å². The lowest BCUT2D eigenvalue weighted by Gasteiger charge is -2.20. The van der Waals surface area contributed by atoms with E-state index in [-0.39, 0.29) is 13.0 Å². The van der Waals surface area contributed by atoms with Crippen LogP contribution in [0.5, 0.6) is 0 Å². The third-order valence-corrected chi connectivity index (χ3v) is 4.75. The Morgan fingerprint density at radius 3 is 2.19 bits per heavy atom. The first kappa shape index (κ1) is 17.5. The van der Waals surface area contributed by atoms with Gasteiger partial charge in [0.2, 0.25) is 0 Å². The fourth-order valence-electron chi connectivity index (χ4n) is 1.95. The molecule has 6 nitrogen and oxygen atoms in total. The van der Waals surface area contributed by atoms with Gasteiger partial charge in [-0.1, -0.05) is 32.0 Å². The molecule has 0 saturated carbocycles. The predicted molar refractivity (Wildman–Crippen MR) is 82.6 cm³/mol. The lowest BCUT2D eigenvalue weighted by atomic mass is 10.0. The first-order chi connectivity index (χ1) is 9.81. The van der Waals surface area contributed by atoms with Crippen LogP contribution in [0.2, 0.25) is 0 Å². The number of aliphatic carboxylic acids is 1. The van der Waals surface area contributed by atoms with E-state index in [1.165, 1.54) is 7.05 Å². The van der Waals surface area contributed by atoms with Crippen LogP contribution in [0, 0.1) is 0 Å². The summed E-state index contributed by atoms with van der Waals surface area (Å²) in [5.41, 5.74) is 2.44. The van der Waals surface area contributed by atoms with Crippen molar-refractivity contribution in [1.29, 1.82) is 0 Å². The topological polar surface area (TPSA) is 86.7 Å². The molecule has 0 aliphatic carbocycles. The van der Waals surface area contributed by atoms with Crippen LogP contribution in [0.15, 0.2) is 18.2 Å². The number of aryl methyl sites for hydroxylation is 2. The Balaban J connectivity index is 3.01. The smallest absolute Gasteiger partial charge is 0.304 e. The van der Waals surface area contributed by atoms with Gasteiger partial charge in [-0.3, -0.25) is 9.52 Å². The van der Waals surface area contributed by atoms with Gasteiger partial charge in [0.1, 0.15) is 0 Å². The highest BCUT2D eigenvalue weighted by Gasteiger charge is 2.20. The Morgan fingerprint density at radius 2 is 1.76 bits per heavy atom. The molecule has 0 atom stereocenters. The molecule has 0 amide bonds. The highest BCUT2D eigenvalue weighted by molar-refractivity contribution is 7.90. The number of nitrogens with zero attached hydrogens (tertiary/aromatic N) is 1. The Morgan fingerprint density at radius 1 is 1.24 bits per heavy atom. The van der Waals surface area contributed by atoms with E-state index >= 15 is 0 Å². The number of hydrogen-bond acceptors (Lipinski definition) is 3. The standard InChI is InChI=1S/C14H22N2O4S/c1-4-11-7-6-8-12(5-2)14(11)15-21(19,20)16(3)10-9-13(17)18/h6-8,15H,4-5,9-10H2,1-3H3,(H,17,18). The Hall–Kier alpha value is -1.60. The molecule has 2 N–H and O–H groups in total. The van der Waals surface area contributed by atoms with Crippen molar-refractivity contribution in [3.05, 3.63) is 29.3 Å². The quantitative estimate of drug-likeness (QED) is 0.767. The van der Waals surface area contributed by atoms with Gasteiger partial charge in [-0.15, -0.1) is 0 Å². The summed E-state index contributed by atoms with van der Waals surface area (Å²) in [6.07, 6.45) is 1.20. The minimum absolute atomic E-state index is 0.0690. The second kappa shape index (κ2) is 7.42. The lowest BCUT2D eigenvalue weighted by Crippen LogP contribution is -2.34. The molecule has 1 aromatic carbocycles. The normalized spacial score (nSPS) is 11.6. The number of nitrogens with one attached hydrogen (secondary N) is 1. The van der Waals surface area contributed by atoms with Crippen LogP contribution in [-0.2, 0) is 27.8 Å². The molecule has 0 aliphatic rings. The first-order valence-corrected chi connectivity index (χ1v) is 8.32. The molecule has 0 radical (unpaired) electrons. The van der Waals surface area contributed by atoms with Crippen molar-refractivity contribution < 1.29 is 18.3 Å². The minimum Gasteiger partial charge on any atom is -0.481 e. The largest absolute Gasteiger partial charge is 0.481 e. The van der Waals surface area contributed by atoms with Gasteiger partial charge in [-0.05, 0) is 24.0 Å². The summed E-state index contributed by atoms with van der Waals surface area (Å²) >= 11 is 0. The van der Waals surface area contributed by atoms with E-state index in [1.807, 2.05) is 32.0 Å². The zero-order chi connectivity index (χ0) is 16.0.